The van der Waals surface area contributed by atoms with E-state index >= 15 is 0 Å². The van der Waals surface area contributed by atoms with Crippen molar-refractivity contribution in [2.24, 2.45) is 0 Å². The van der Waals surface area contributed by atoms with Crippen molar-refractivity contribution >= 4 is 6.08 Å². The summed E-state index contributed by atoms with van der Waals surface area (Å²) < 4.78 is 0. The van der Waals surface area contributed by atoms with Crippen LogP contribution in [-0.2, 0) is 0 Å². The van der Waals surface area contributed by atoms with E-state index in [9.17, 15) is 5.11 Å². The third kappa shape index (κ3) is 2.50. The molecule has 0 aliphatic carbocycles. The molecular formula is C14H16N2O. The standard InChI is InChI=1S/C14H16N2O/c1-15-10-11-16(2)14(15)13(17)9-8-12-6-4-3-5-7-12/h3-11,17H,1-2H3/b9-8+. The van der Waals surface area contributed by atoms with Crippen molar-refractivity contribution in [2.75, 3.05) is 14.1 Å². The summed E-state index contributed by atoms with van der Waals surface area (Å²) in [6.07, 6.45) is 7.41. The van der Waals surface area contributed by atoms with Gasteiger partial charge in [-0.3, -0.25) is 0 Å². The lowest BCUT2D eigenvalue weighted by atomic mass is 10.2. The minimum Gasteiger partial charge on any atom is -0.504 e. The fourth-order valence-electron chi connectivity index (χ4n) is 1.77. The maximum atomic E-state index is 10.0. The van der Waals surface area contributed by atoms with Crippen LogP contribution in [0.2, 0.25) is 0 Å². The first-order valence-electron chi connectivity index (χ1n) is 5.49. The zero-order chi connectivity index (χ0) is 12.3. The highest BCUT2D eigenvalue weighted by Crippen LogP contribution is 2.19. The van der Waals surface area contributed by atoms with Gasteiger partial charge in [-0.05, 0) is 11.6 Å². The summed E-state index contributed by atoms with van der Waals surface area (Å²) in [6.45, 7) is 0. The quantitative estimate of drug-likeness (QED) is 0.788. The van der Waals surface area contributed by atoms with E-state index in [1.54, 1.807) is 6.08 Å². The van der Waals surface area contributed by atoms with Crippen molar-refractivity contribution in [1.29, 1.82) is 0 Å². The largest absolute Gasteiger partial charge is 0.504 e. The number of hydrogen-bond acceptors (Lipinski definition) is 3. The van der Waals surface area contributed by atoms with Gasteiger partial charge in [-0.1, -0.05) is 36.4 Å². The molecule has 2 rings (SSSR count). The third-order valence-corrected chi connectivity index (χ3v) is 2.64. The van der Waals surface area contributed by atoms with Crippen LogP contribution in [-0.4, -0.2) is 29.0 Å². The molecule has 88 valence electrons. The average Bonchev–Trinajstić information content (AvgIpc) is 2.67. The van der Waals surface area contributed by atoms with Crippen LogP contribution in [0.15, 0.2) is 60.4 Å². The van der Waals surface area contributed by atoms with Crippen LogP contribution in [0.1, 0.15) is 5.56 Å². The molecule has 0 bridgehead atoms. The summed E-state index contributed by atoms with van der Waals surface area (Å²) in [4.78, 5) is 3.76. The molecule has 0 aromatic heterocycles. The van der Waals surface area contributed by atoms with Crippen LogP contribution < -0.4 is 0 Å². The summed E-state index contributed by atoms with van der Waals surface area (Å²) in [5.74, 6) is 1.03. The molecule has 1 N–H and O–H groups in total. The Labute approximate surface area is 102 Å². The van der Waals surface area contributed by atoms with E-state index in [0.717, 1.165) is 11.4 Å². The second kappa shape index (κ2) is 4.78. The molecule has 3 heteroatoms. The van der Waals surface area contributed by atoms with E-state index < -0.39 is 0 Å². The molecule has 1 aromatic carbocycles. The highest BCUT2D eigenvalue weighted by molar-refractivity contribution is 5.52. The number of aliphatic hydroxyl groups excluding tert-OH is 1. The van der Waals surface area contributed by atoms with E-state index in [4.69, 9.17) is 0 Å². The van der Waals surface area contributed by atoms with Gasteiger partial charge >= 0.3 is 0 Å². The van der Waals surface area contributed by atoms with Crippen LogP contribution in [0.3, 0.4) is 0 Å². The molecule has 0 saturated heterocycles. The van der Waals surface area contributed by atoms with Crippen LogP contribution in [0.4, 0.5) is 0 Å². The molecule has 1 heterocycles. The SMILES string of the molecule is CN1C=CN(C)C1=C(O)/C=C/c1ccccc1. The van der Waals surface area contributed by atoms with E-state index in [1.807, 2.05) is 72.7 Å². The van der Waals surface area contributed by atoms with Gasteiger partial charge in [0, 0.05) is 26.5 Å². The topological polar surface area (TPSA) is 26.7 Å². The minimum atomic E-state index is 0.254. The van der Waals surface area contributed by atoms with Gasteiger partial charge < -0.3 is 14.9 Å². The van der Waals surface area contributed by atoms with Crippen molar-refractivity contribution in [1.82, 2.24) is 9.80 Å². The summed E-state index contributed by atoms with van der Waals surface area (Å²) in [7, 11) is 3.81. The molecule has 1 aliphatic heterocycles. The highest BCUT2D eigenvalue weighted by atomic mass is 16.3. The lowest BCUT2D eigenvalue weighted by Gasteiger charge is -2.18. The first kappa shape index (κ1) is 11.3. The Balaban J connectivity index is 2.19. The lowest BCUT2D eigenvalue weighted by Crippen LogP contribution is -2.18. The Bertz CT molecular complexity index is 460. The Morgan fingerprint density at radius 3 is 2.24 bits per heavy atom. The predicted molar refractivity (Wildman–Crippen MR) is 69.8 cm³/mol. The van der Waals surface area contributed by atoms with Gasteiger partial charge in [0.2, 0.25) is 0 Å². The smallest absolute Gasteiger partial charge is 0.156 e. The zero-order valence-electron chi connectivity index (χ0n) is 10.0. The second-order valence-corrected chi connectivity index (χ2v) is 3.97. The number of allylic oxidation sites excluding steroid dienone is 1. The molecule has 0 atom stereocenters. The molecule has 0 amide bonds. The van der Waals surface area contributed by atoms with Crippen molar-refractivity contribution in [3.8, 4) is 0 Å². The van der Waals surface area contributed by atoms with Gasteiger partial charge in [0.05, 0.1) is 0 Å². The fraction of sp³-hybridized carbons (Fsp3) is 0.143. The maximum Gasteiger partial charge on any atom is 0.156 e. The van der Waals surface area contributed by atoms with Crippen molar-refractivity contribution in [2.45, 2.75) is 0 Å². The summed E-state index contributed by atoms with van der Waals surface area (Å²) >= 11 is 0. The highest BCUT2D eigenvalue weighted by Gasteiger charge is 2.16. The Morgan fingerprint density at radius 2 is 1.65 bits per heavy atom. The molecule has 0 unspecified atom stereocenters. The second-order valence-electron chi connectivity index (χ2n) is 3.97. The molecule has 1 aromatic rings. The lowest BCUT2D eigenvalue weighted by molar-refractivity contribution is 0.352. The Kier molecular flexibility index (Phi) is 3.19. The third-order valence-electron chi connectivity index (χ3n) is 2.64. The van der Waals surface area contributed by atoms with Crippen molar-refractivity contribution in [3.63, 3.8) is 0 Å². The summed E-state index contributed by atoms with van der Waals surface area (Å²) in [6, 6.07) is 9.90. The predicted octanol–water partition coefficient (Wildman–Crippen LogP) is 2.78. The number of hydrogen-bond donors (Lipinski definition) is 1. The van der Waals surface area contributed by atoms with Gasteiger partial charge in [-0.2, -0.15) is 0 Å². The number of aliphatic hydroxyl groups is 1. The number of rotatable bonds is 2. The van der Waals surface area contributed by atoms with Crippen LogP contribution >= 0.6 is 0 Å². The van der Waals surface area contributed by atoms with Crippen molar-refractivity contribution in [3.05, 3.63) is 66.0 Å². The van der Waals surface area contributed by atoms with Crippen molar-refractivity contribution < 1.29 is 5.11 Å². The normalized spacial score (nSPS) is 15.1. The van der Waals surface area contributed by atoms with Crippen LogP contribution in [0.5, 0.6) is 0 Å². The van der Waals surface area contributed by atoms with Gasteiger partial charge in [-0.15, -0.1) is 0 Å². The van der Waals surface area contributed by atoms with Crippen LogP contribution in [0.25, 0.3) is 6.08 Å². The Morgan fingerprint density at radius 1 is 1.06 bits per heavy atom. The molecule has 0 radical (unpaired) electrons. The van der Waals surface area contributed by atoms with Gasteiger partial charge in [0.25, 0.3) is 0 Å². The van der Waals surface area contributed by atoms with Gasteiger partial charge in [0.15, 0.2) is 11.6 Å². The van der Waals surface area contributed by atoms with Gasteiger partial charge in [-0.25, -0.2) is 0 Å². The molecule has 1 aliphatic rings. The van der Waals surface area contributed by atoms with E-state index in [1.165, 1.54) is 0 Å². The molecule has 17 heavy (non-hydrogen) atoms. The number of nitrogens with zero attached hydrogens (tertiary/aromatic N) is 2. The maximum absolute atomic E-state index is 10.0. The molecule has 3 nitrogen and oxygen atoms in total. The molecular weight excluding hydrogens is 212 g/mol. The fourth-order valence-corrected chi connectivity index (χ4v) is 1.77. The zero-order valence-corrected chi connectivity index (χ0v) is 10.0. The van der Waals surface area contributed by atoms with Gasteiger partial charge in [0.1, 0.15) is 0 Å². The summed E-state index contributed by atoms with van der Waals surface area (Å²) in [5, 5.41) is 10.0. The van der Waals surface area contributed by atoms with E-state index in [-0.39, 0.29) is 5.76 Å². The Hall–Kier alpha value is -2.16. The molecule has 0 saturated carbocycles. The first-order chi connectivity index (χ1) is 8.18. The summed E-state index contributed by atoms with van der Waals surface area (Å²) in [5.41, 5.74) is 1.07. The minimum absolute atomic E-state index is 0.254. The van der Waals surface area contributed by atoms with E-state index in [2.05, 4.69) is 0 Å². The first-order valence-corrected chi connectivity index (χ1v) is 5.49. The molecule has 0 fully saturated rings. The van der Waals surface area contributed by atoms with Crippen LogP contribution in [0, 0.1) is 0 Å². The average molecular weight is 228 g/mol. The number of benzene rings is 1. The monoisotopic (exact) mass is 228 g/mol. The van der Waals surface area contributed by atoms with E-state index in [0.29, 0.717) is 0 Å². The molecule has 0 spiro atoms.